The Morgan fingerprint density at radius 1 is 1.39 bits per heavy atom. The molecule has 0 radical (unpaired) electrons. The Labute approximate surface area is 174 Å². The van der Waals surface area contributed by atoms with Crippen molar-refractivity contribution in [2.45, 2.75) is 64.6 Å². The third-order valence-electron chi connectivity index (χ3n) is 4.77. The van der Waals surface area contributed by atoms with Gasteiger partial charge in [-0.15, -0.1) is 0 Å². The minimum atomic E-state index is -0.00201. The molecule has 0 spiro atoms. The van der Waals surface area contributed by atoms with Crippen LogP contribution in [0.2, 0.25) is 0 Å². The van der Waals surface area contributed by atoms with Gasteiger partial charge in [-0.25, -0.2) is 0 Å². The summed E-state index contributed by atoms with van der Waals surface area (Å²) in [7, 11) is 1.65. The molecule has 0 fully saturated rings. The number of hydrogen-bond acceptors (Lipinski definition) is 7. The molecule has 3 unspecified atom stereocenters. The number of hydrogen-bond donors (Lipinski definition) is 2. The summed E-state index contributed by atoms with van der Waals surface area (Å²) in [5, 5.41) is 7.66. The topological polar surface area (TPSA) is 67.2 Å². The van der Waals surface area contributed by atoms with E-state index in [0.29, 0.717) is 31.5 Å². The summed E-state index contributed by atoms with van der Waals surface area (Å²) in [6, 6.07) is 0.759. The fraction of sp³-hybridized carbons (Fsp3) is 0.714. The number of rotatable bonds is 10. The predicted molar refractivity (Wildman–Crippen MR) is 120 cm³/mol. The third-order valence-corrected chi connectivity index (χ3v) is 5.70. The van der Waals surface area contributed by atoms with E-state index in [1.165, 1.54) is 25.7 Å². The summed E-state index contributed by atoms with van der Waals surface area (Å²) in [5.74, 6) is 1.24. The second-order valence-corrected chi connectivity index (χ2v) is 8.45. The first-order valence-electron chi connectivity index (χ1n) is 10.3. The van der Waals surface area contributed by atoms with Crippen LogP contribution in [0.4, 0.5) is 0 Å². The molecule has 0 aromatic heterocycles. The Bertz CT molecular complexity index is 575. The van der Waals surface area contributed by atoms with E-state index < -0.39 is 0 Å². The van der Waals surface area contributed by atoms with Crippen molar-refractivity contribution >= 4 is 22.6 Å². The van der Waals surface area contributed by atoms with Crippen LogP contribution in [0.3, 0.4) is 0 Å². The molecule has 1 aliphatic carbocycles. The number of fused-ring (bicyclic) bond motifs is 1. The molecule has 7 heteroatoms. The SMILES string of the molecule is COCNCOC(C)/C=C\N=C(\CSC1=NC2CCCC/C=C\C2N1)C(C)C. The Morgan fingerprint density at radius 2 is 2.25 bits per heavy atom. The molecule has 28 heavy (non-hydrogen) atoms. The van der Waals surface area contributed by atoms with Gasteiger partial charge in [0.25, 0.3) is 0 Å². The molecule has 0 bridgehead atoms. The van der Waals surface area contributed by atoms with Crippen LogP contribution in [-0.4, -0.2) is 55.4 Å². The maximum Gasteiger partial charge on any atom is 0.157 e. The zero-order chi connectivity index (χ0) is 20.2. The molecule has 2 rings (SSSR count). The van der Waals surface area contributed by atoms with Gasteiger partial charge in [0.1, 0.15) is 0 Å². The lowest BCUT2D eigenvalue weighted by atomic mass is 9.99. The van der Waals surface area contributed by atoms with E-state index in [2.05, 4.69) is 41.6 Å². The van der Waals surface area contributed by atoms with Crippen molar-refractivity contribution in [3.8, 4) is 0 Å². The predicted octanol–water partition coefficient (Wildman–Crippen LogP) is 3.71. The van der Waals surface area contributed by atoms with Crippen molar-refractivity contribution in [2.24, 2.45) is 15.9 Å². The highest BCUT2D eigenvalue weighted by Crippen LogP contribution is 2.23. The van der Waals surface area contributed by atoms with Gasteiger partial charge >= 0.3 is 0 Å². The first-order chi connectivity index (χ1) is 13.6. The van der Waals surface area contributed by atoms with Gasteiger partial charge in [0.15, 0.2) is 5.17 Å². The number of thioether (sulfide) groups is 1. The monoisotopic (exact) mass is 408 g/mol. The average molecular weight is 409 g/mol. The van der Waals surface area contributed by atoms with Gasteiger partial charge in [-0.1, -0.05) is 44.2 Å². The lowest BCUT2D eigenvalue weighted by Crippen LogP contribution is -2.32. The molecule has 3 atom stereocenters. The molecule has 0 amide bonds. The maximum absolute atomic E-state index is 5.61. The van der Waals surface area contributed by atoms with Crippen LogP contribution in [0.25, 0.3) is 0 Å². The summed E-state index contributed by atoms with van der Waals surface area (Å²) in [4.78, 5) is 9.59. The van der Waals surface area contributed by atoms with Crippen LogP contribution in [0.5, 0.6) is 0 Å². The number of nitrogens with one attached hydrogen (secondary N) is 2. The van der Waals surface area contributed by atoms with E-state index in [0.717, 1.165) is 16.6 Å². The summed E-state index contributed by atoms with van der Waals surface area (Å²) >= 11 is 1.76. The highest BCUT2D eigenvalue weighted by Gasteiger charge is 2.27. The van der Waals surface area contributed by atoms with Crippen molar-refractivity contribution in [3.63, 3.8) is 0 Å². The van der Waals surface area contributed by atoms with Gasteiger partial charge in [-0.05, 0) is 38.2 Å². The van der Waals surface area contributed by atoms with E-state index in [4.69, 9.17) is 14.5 Å². The van der Waals surface area contributed by atoms with E-state index in [1.54, 1.807) is 18.9 Å². The molecule has 6 nitrogen and oxygen atoms in total. The fourth-order valence-corrected chi connectivity index (χ4v) is 4.13. The molecular weight excluding hydrogens is 372 g/mol. The molecule has 2 N–H and O–H groups in total. The second kappa shape index (κ2) is 13.1. The molecular formula is C21H36N4O2S. The van der Waals surface area contributed by atoms with Crippen LogP contribution in [-0.2, 0) is 9.47 Å². The summed E-state index contributed by atoms with van der Waals surface area (Å²) in [6.45, 7) is 7.31. The van der Waals surface area contributed by atoms with Crippen molar-refractivity contribution in [2.75, 3.05) is 26.3 Å². The largest absolute Gasteiger partial charge is 0.369 e. The third kappa shape index (κ3) is 8.47. The highest BCUT2D eigenvalue weighted by molar-refractivity contribution is 8.14. The average Bonchev–Trinajstić information content (AvgIpc) is 3.02. The van der Waals surface area contributed by atoms with Crippen LogP contribution >= 0.6 is 11.8 Å². The second-order valence-electron chi connectivity index (χ2n) is 7.49. The smallest absolute Gasteiger partial charge is 0.157 e. The lowest BCUT2D eigenvalue weighted by Gasteiger charge is -2.16. The Hall–Kier alpha value is -1.15. The Kier molecular flexibility index (Phi) is 10.9. The number of allylic oxidation sites excluding steroid dienone is 1. The first kappa shape index (κ1) is 23.1. The quantitative estimate of drug-likeness (QED) is 0.250. The van der Waals surface area contributed by atoms with Crippen LogP contribution in [0.15, 0.2) is 34.4 Å². The van der Waals surface area contributed by atoms with Gasteiger partial charge in [-0.2, -0.15) is 0 Å². The van der Waals surface area contributed by atoms with Crippen molar-refractivity contribution < 1.29 is 9.47 Å². The van der Waals surface area contributed by atoms with Crippen LogP contribution in [0, 0.1) is 5.92 Å². The normalized spacial score (nSPS) is 25.2. The number of aliphatic imine (C=N–C) groups is 2. The minimum absolute atomic E-state index is 0.00201. The van der Waals surface area contributed by atoms with Gasteiger partial charge in [0.2, 0.25) is 0 Å². The molecule has 2 aliphatic rings. The lowest BCUT2D eigenvalue weighted by molar-refractivity contribution is 0.0548. The summed E-state index contributed by atoms with van der Waals surface area (Å²) in [6.07, 6.45) is 13.3. The number of amidine groups is 1. The van der Waals surface area contributed by atoms with Crippen molar-refractivity contribution in [1.29, 1.82) is 0 Å². The summed E-state index contributed by atoms with van der Waals surface area (Å²) in [5.41, 5.74) is 1.16. The minimum Gasteiger partial charge on any atom is -0.369 e. The van der Waals surface area contributed by atoms with Gasteiger partial charge in [0, 0.05) is 24.8 Å². The Morgan fingerprint density at radius 3 is 3.04 bits per heavy atom. The van der Waals surface area contributed by atoms with Crippen LogP contribution < -0.4 is 10.6 Å². The first-order valence-corrected chi connectivity index (χ1v) is 11.3. The van der Waals surface area contributed by atoms with Crippen molar-refractivity contribution in [1.82, 2.24) is 10.6 Å². The van der Waals surface area contributed by atoms with E-state index in [9.17, 15) is 0 Å². The maximum atomic E-state index is 5.61. The van der Waals surface area contributed by atoms with Gasteiger partial charge in [0.05, 0.1) is 31.6 Å². The van der Waals surface area contributed by atoms with Gasteiger partial charge in [-0.3, -0.25) is 15.3 Å². The van der Waals surface area contributed by atoms with Crippen LogP contribution in [0.1, 0.15) is 46.5 Å². The number of ether oxygens (including phenoxy) is 2. The number of nitrogens with zero attached hydrogens (tertiary/aromatic N) is 2. The molecule has 0 aromatic carbocycles. The van der Waals surface area contributed by atoms with Crippen molar-refractivity contribution in [3.05, 3.63) is 24.4 Å². The highest BCUT2D eigenvalue weighted by atomic mass is 32.2. The molecule has 0 saturated carbocycles. The van der Waals surface area contributed by atoms with E-state index >= 15 is 0 Å². The molecule has 0 saturated heterocycles. The van der Waals surface area contributed by atoms with E-state index in [-0.39, 0.29) is 6.10 Å². The standard InChI is InChI=1S/C21H36N4O2S/c1-16(2)20(23-12-11-17(3)27-15-22-14-26-4)13-28-21-24-18-9-7-5-6-8-10-19(18)25-21/h7,9,11-12,16-19,22H,5-6,8,10,13-15H2,1-4H3,(H,24,25)/b9-7-,12-11-,23-20-. The molecule has 158 valence electrons. The molecule has 1 heterocycles. The Balaban J connectivity index is 1.81. The molecule has 1 aliphatic heterocycles. The summed E-state index contributed by atoms with van der Waals surface area (Å²) < 4.78 is 10.5. The fourth-order valence-electron chi connectivity index (χ4n) is 3.01. The zero-order valence-electron chi connectivity index (χ0n) is 17.7. The molecule has 0 aromatic rings. The van der Waals surface area contributed by atoms with E-state index in [1.807, 2.05) is 19.2 Å². The zero-order valence-corrected chi connectivity index (χ0v) is 18.5. The van der Waals surface area contributed by atoms with Gasteiger partial charge < -0.3 is 14.8 Å². The number of methoxy groups -OCH3 is 1.